The van der Waals surface area contributed by atoms with Gasteiger partial charge in [0.05, 0.1) is 16.7 Å². The first-order valence-corrected chi connectivity index (χ1v) is 6.85. The number of aryl methyl sites for hydroxylation is 1. The molecule has 0 radical (unpaired) electrons. The monoisotopic (exact) mass is 323 g/mol. The normalized spacial score (nSPS) is 22.6. The van der Waals surface area contributed by atoms with Crippen molar-refractivity contribution < 1.29 is 4.74 Å². The fourth-order valence-corrected chi connectivity index (χ4v) is 2.58. The number of nitrogens with one attached hydrogen (secondary N) is 1. The van der Waals surface area contributed by atoms with E-state index in [2.05, 4.69) is 36.3 Å². The number of aromatic nitrogens is 4. The van der Waals surface area contributed by atoms with Crippen LogP contribution >= 0.6 is 15.9 Å². The van der Waals surface area contributed by atoms with E-state index in [1.807, 2.05) is 19.4 Å². The standard InChI is InChI=1S/C12H14BrN5O/c1-18-6-8(4-16-18)11-10(2-3-19-11)17-12-9(13)5-14-7-15-12/h4-7,10-11H,2-3H2,1H3,(H,14,15,17)/t10-,11+/m0/s1. The molecule has 19 heavy (non-hydrogen) atoms. The van der Waals surface area contributed by atoms with Gasteiger partial charge in [0, 0.05) is 31.6 Å². The van der Waals surface area contributed by atoms with Gasteiger partial charge in [0.1, 0.15) is 18.2 Å². The number of halogens is 1. The topological polar surface area (TPSA) is 64.9 Å². The summed E-state index contributed by atoms with van der Waals surface area (Å²) < 4.78 is 8.44. The van der Waals surface area contributed by atoms with Gasteiger partial charge in [0.25, 0.3) is 0 Å². The van der Waals surface area contributed by atoms with Crippen LogP contribution in [0, 0.1) is 0 Å². The predicted molar refractivity (Wildman–Crippen MR) is 73.7 cm³/mol. The van der Waals surface area contributed by atoms with Crippen molar-refractivity contribution in [1.82, 2.24) is 19.7 Å². The van der Waals surface area contributed by atoms with Crippen molar-refractivity contribution in [2.75, 3.05) is 11.9 Å². The van der Waals surface area contributed by atoms with Crippen molar-refractivity contribution in [1.29, 1.82) is 0 Å². The number of nitrogens with zero attached hydrogens (tertiary/aromatic N) is 4. The van der Waals surface area contributed by atoms with Crippen molar-refractivity contribution in [3.05, 3.63) is 35.0 Å². The van der Waals surface area contributed by atoms with Crippen LogP contribution in [-0.4, -0.2) is 32.4 Å². The summed E-state index contributed by atoms with van der Waals surface area (Å²) >= 11 is 3.44. The van der Waals surface area contributed by atoms with Crippen LogP contribution in [0.25, 0.3) is 0 Å². The number of hydrogen-bond donors (Lipinski definition) is 1. The Balaban J connectivity index is 1.79. The molecule has 0 bridgehead atoms. The molecule has 1 N–H and O–H groups in total. The minimum absolute atomic E-state index is 0.00978. The predicted octanol–water partition coefficient (Wildman–Crippen LogP) is 1.91. The first-order chi connectivity index (χ1) is 9.24. The van der Waals surface area contributed by atoms with E-state index in [0.29, 0.717) is 0 Å². The number of ether oxygens (including phenoxy) is 1. The minimum atomic E-state index is 0.00978. The average Bonchev–Trinajstić information content (AvgIpc) is 3.01. The summed E-state index contributed by atoms with van der Waals surface area (Å²) in [6.07, 6.45) is 8.04. The third kappa shape index (κ3) is 2.62. The van der Waals surface area contributed by atoms with Crippen molar-refractivity contribution in [2.45, 2.75) is 18.6 Å². The Morgan fingerprint density at radius 2 is 2.37 bits per heavy atom. The summed E-state index contributed by atoms with van der Waals surface area (Å²) in [7, 11) is 1.90. The Labute approximate surface area is 119 Å². The van der Waals surface area contributed by atoms with Gasteiger partial charge in [0.15, 0.2) is 0 Å². The highest BCUT2D eigenvalue weighted by atomic mass is 79.9. The van der Waals surface area contributed by atoms with Gasteiger partial charge >= 0.3 is 0 Å². The van der Waals surface area contributed by atoms with E-state index >= 15 is 0 Å². The number of hydrogen-bond acceptors (Lipinski definition) is 5. The molecule has 1 aliphatic heterocycles. The molecule has 0 spiro atoms. The van der Waals surface area contributed by atoms with Gasteiger partial charge in [-0.15, -0.1) is 0 Å². The fourth-order valence-electron chi connectivity index (χ4n) is 2.25. The molecule has 1 fully saturated rings. The van der Waals surface area contributed by atoms with Crippen molar-refractivity contribution in [3.63, 3.8) is 0 Å². The molecule has 1 aliphatic rings. The lowest BCUT2D eigenvalue weighted by Gasteiger charge is -2.19. The lowest BCUT2D eigenvalue weighted by molar-refractivity contribution is 0.107. The molecule has 0 aromatic carbocycles. The summed E-state index contributed by atoms with van der Waals surface area (Å²) in [5.41, 5.74) is 1.09. The average molecular weight is 324 g/mol. The van der Waals surface area contributed by atoms with Crippen LogP contribution in [0.4, 0.5) is 5.82 Å². The number of anilines is 1. The number of rotatable bonds is 3. The molecule has 6 nitrogen and oxygen atoms in total. The lowest BCUT2D eigenvalue weighted by Crippen LogP contribution is -2.23. The lowest BCUT2D eigenvalue weighted by atomic mass is 10.1. The van der Waals surface area contributed by atoms with Gasteiger partial charge < -0.3 is 10.1 Å². The van der Waals surface area contributed by atoms with Crippen molar-refractivity contribution >= 4 is 21.7 Å². The van der Waals surface area contributed by atoms with Crippen LogP contribution in [0.2, 0.25) is 0 Å². The fraction of sp³-hybridized carbons (Fsp3) is 0.417. The summed E-state index contributed by atoms with van der Waals surface area (Å²) in [6.45, 7) is 0.736. The van der Waals surface area contributed by atoms with Crippen molar-refractivity contribution in [3.8, 4) is 0 Å². The Bertz CT molecular complexity index is 573. The molecule has 100 valence electrons. The highest BCUT2D eigenvalue weighted by Gasteiger charge is 2.31. The minimum Gasteiger partial charge on any atom is -0.371 e. The van der Waals surface area contributed by atoms with E-state index < -0.39 is 0 Å². The second kappa shape index (κ2) is 5.26. The molecule has 2 aromatic heterocycles. The van der Waals surface area contributed by atoms with Crippen LogP contribution in [0.5, 0.6) is 0 Å². The van der Waals surface area contributed by atoms with Crippen LogP contribution in [0.15, 0.2) is 29.4 Å². The molecular formula is C12H14BrN5O. The van der Waals surface area contributed by atoms with E-state index in [-0.39, 0.29) is 12.1 Å². The first-order valence-electron chi connectivity index (χ1n) is 6.06. The van der Waals surface area contributed by atoms with Crippen LogP contribution in [0.1, 0.15) is 18.1 Å². The maximum atomic E-state index is 5.80. The van der Waals surface area contributed by atoms with E-state index in [1.54, 1.807) is 10.9 Å². The third-order valence-corrected chi connectivity index (χ3v) is 3.72. The summed E-state index contributed by atoms with van der Waals surface area (Å²) in [5.74, 6) is 0.791. The van der Waals surface area contributed by atoms with E-state index in [4.69, 9.17) is 4.74 Å². The summed E-state index contributed by atoms with van der Waals surface area (Å²) in [5, 5.41) is 7.60. The SMILES string of the molecule is Cn1cc([C@H]2OCC[C@@H]2Nc2ncncc2Br)cn1. The maximum Gasteiger partial charge on any atom is 0.144 e. The molecule has 7 heteroatoms. The van der Waals surface area contributed by atoms with E-state index in [9.17, 15) is 0 Å². The smallest absolute Gasteiger partial charge is 0.144 e. The van der Waals surface area contributed by atoms with E-state index in [1.165, 1.54) is 6.33 Å². The van der Waals surface area contributed by atoms with Gasteiger partial charge in [-0.1, -0.05) is 0 Å². The Morgan fingerprint density at radius 1 is 1.47 bits per heavy atom. The second-order valence-electron chi connectivity index (χ2n) is 4.50. The molecule has 1 saturated heterocycles. The summed E-state index contributed by atoms with van der Waals surface area (Å²) in [6, 6.07) is 0.190. The highest BCUT2D eigenvalue weighted by Crippen LogP contribution is 2.32. The molecule has 2 aromatic rings. The second-order valence-corrected chi connectivity index (χ2v) is 5.35. The molecule has 0 aliphatic carbocycles. The molecule has 3 heterocycles. The van der Waals surface area contributed by atoms with Gasteiger partial charge in [-0.25, -0.2) is 9.97 Å². The van der Waals surface area contributed by atoms with Crippen LogP contribution in [0.3, 0.4) is 0 Å². The third-order valence-electron chi connectivity index (χ3n) is 3.13. The Morgan fingerprint density at radius 3 is 3.11 bits per heavy atom. The van der Waals surface area contributed by atoms with E-state index in [0.717, 1.165) is 28.9 Å². The first kappa shape index (κ1) is 12.6. The van der Waals surface area contributed by atoms with Gasteiger partial charge in [-0.2, -0.15) is 5.10 Å². The Kier molecular flexibility index (Phi) is 3.48. The summed E-state index contributed by atoms with van der Waals surface area (Å²) in [4.78, 5) is 8.19. The molecule has 0 unspecified atom stereocenters. The molecule has 3 rings (SSSR count). The quantitative estimate of drug-likeness (QED) is 0.934. The largest absolute Gasteiger partial charge is 0.371 e. The van der Waals surface area contributed by atoms with Gasteiger partial charge in [-0.3, -0.25) is 4.68 Å². The molecule has 0 amide bonds. The van der Waals surface area contributed by atoms with Gasteiger partial charge in [0.2, 0.25) is 0 Å². The zero-order valence-corrected chi connectivity index (χ0v) is 12.0. The van der Waals surface area contributed by atoms with Gasteiger partial charge in [-0.05, 0) is 22.4 Å². The molecular weight excluding hydrogens is 310 g/mol. The maximum absolute atomic E-state index is 5.80. The Hall–Kier alpha value is -1.47. The highest BCUT2D eigenvalue weighted by molar-refractivity contribution is 9.10. The molecule has 0 saturated carbocycles. The zero-order chi connectivity index (χ0) is 13.2. The van der Waals surface area contributed by atoms with Crippen molar-refractivity contribution in [2.24, 2.45) is 7.05 Å². The zero-order valence-electron chi connectivity index (χ0n) is 10.5. The van der Waals surface area contributed by atoms with Crippen LogP contribution < -0.4 is 5.32 Å². The molecule has 2 atom stereocenters. The van der Waals surface area contributed by atoms with Crippen LogP contribution in [-0.2, 0) is 11.8 Å².